The summed E-state index contributed by atoms with van der Waals surface area (Å²) in [5.41, 5.74) is 1.69. The van der Waals surface area contributed by atoms with Gasteiger partial charge in [-0.1, -0.05) is 57.0 Å². The van der Waals surface area contributed by atoms with E-state index in [9.17, 15) is 0 Å². The van der Waals surface area contributed by atoms with Gasteiger partial charge < -0.3 is 5.32 Å². The lowest BCUT2D eigenvalue weighted by Gasteiger charge is -2.32. The van der Waals surface area contributed by atoms with E-state index in [1.54, 1.807) is 0 Å². The average molecular weight is 273 g/mol. The second-order valence-electron chi connectivity index (χ2n) is 7.35. The van der Waals surface area contributed by atoms with Crippen LogP contribution in [-0.2, 0) is 5.41 Å². The van der Waals surface area contributed by atoms with Gasteiger partial charge >= 0.3 is 0 Å². The summed E-state index contributed by atoms with van der Waals surface area (Å²) >= 11 is 0. The lowest BCUT2D eigenvalue weighted by molar-refractivity contribution is 0.309. The van der Waals surface area contributed by atoms with Crippen LogP contribution in [0, 0.1) is 5.92 Å². The van der Waals surface area contributed by atoms with Crippen molar-refractivity contribution in [2.75, 3.05) is 0 Å². The summed E-state index contributed by atoms with van der Waals surface area (Å²) in [7, 11) is 0. The maximum atomic E-state index is 3.85. The van der Waals surface area contributed by atoms with Crippen molar-refractivity contribution in [3.05, 3.63) is 35.9 Å². The average Bonchev–Trinajstić information content (AvgIpc) is 2.93. The van der Waals surface area contributed by atoms with E-state index in [4.69, 9.17) is 0 Å². The molecule has 1 saturated carbocycles. The van der Waals surface area contributed by atoms with E-state index in [0.29, 0.717) is 12.1 Å². The van der Waals surface area contributed by atoms with Crippen LogP contribution in [0.3, 0.4) is 0 Å². The molecule has 1 aliphatic rings. The normalized spacial score (nSPS) is 20.0. The Balaban J connectivity index is 1.88. The highest BCUT2D eigenvalue weighted by Gasteiger charge is 2.26. The molecule has 1 aliphatic carbocycles. The predicted octanol–water partition coefficient (Wildman–Crippen LogP) is 4.91. The van der Waals surface area contributed by atoms with E-state index in [0.717, 1.165) is 5.92 Å². The third kappa shape index (κ3) is 4.09. The Hall–Kier alpha value is -0.820. The summed E-state index contributed by atoms with van der Waals surface area (Å²) in [5.74, 6) is 0.900. The van der Waals surface area contributed by atoms with Crippen molar-refractivity contribution in [2.24, 2.45) is 5.92 Å². The van der Waals surface area contributed by atoms with Crippen molar-refractivity contribution in [3.8, 4) is 0 Å². The highest BCUT2D eigenvalue weighted by atomic mass is 14.9. The molecule has 2 atom stereocenters. The molecule has 0 bridgehead atoms. The SMILES string of the molecule is CC(CC(C)(C)c1ccccc1)NC(C)C1CCCC1. The number of hydrogen-bond acceptors (Lipinski definition) is 1. The fourth-order valence-electron chi connectivity index (χ4n) is 3.87. The van der Waals surface area contributed by atoms with Gasteiger partial charge in [0.2, 0.25) is 0 Å². The molecule has 0 radical (unpaired) electrons. The maximum absolute atomic E-state index is 3.85. The third-order valence-corrected chi connectivity index (χ3v) is 5.03. The zero-order chi connectivity index (χ0) is 14.6. The van der Waals surface area contributed by atoms with Gasteiger partial charge in [0.05, 0.1) is 0 Å². The summed E-state index contributed by atoms with van der Waals surface area (Å²) in [6, 6.07) is 12.1. The first-order valence-corrected chi connectivity index (χ1v) is 8.30. The Labute approximate surface area is 125 Å². The number of rotatable bonds is 6. The zero-order valence-electron chi connectivity index (χ0n) is 13.7. The van der Waals surface area contributed by atoms with Gasteiger partial charge in [0.25, 0.3) is 0 Å². The molecule has 1 aromatic rings. The fraction of sp³-hybridized carbons (Fsp3) is 0.684. The summed E-state index contributed by atoms with van der Waals surface area (Å²) in [4.78, 5) is 0. The summed E-state index contributed by atoms with van der Waals surface area (Å²) in [6.45, 7) is 9.44. The van der Waals surface area contributed by atoms with Crippen LogP contribution in [0.1, 0.15) is 65.4 Å². The smallest absolute Gasteiger partial charge is 0.00694 e. The summed E-state index contributed by atoms with van der Waals surface area (Å²) < 4.78 is 0. The van der Waals surface area contributed by atoms with E-state index in [1.165, 1.54) is 37.7 Å². The van der Waals surface area contributed by atoms with Crippen molar-refractivity contribution in [2.45, 2.75) is 77.3 Å². The van der Waals surface area contributed by atoms with Gasteiger partial charge in [-0.15, -0.1) is 0 Å². The molecule has 112 valence electrons. The van der Waals surface area contributed by atoms with Crippen molar-refractivity contribution >= 4 is 0 Å². The highest BCUT2D eigenvalue weighted by molar-refractivity contribution is 5.23. The number of hydrogen-bond donors (Lipinski definition) is 1. The number of benzene rings is 1. The minimum atomic E-state index is 0.239. The minimum Gasteiger partial charge on any atom is -0.311 e. The Kier molecular flexibility index (Phi) is 5.26. The van der Waals surface area contributed by atoms with Crippen molar-refractivity contribution in [1.82, 2.24) is 5.32 Å². The van der Waals surface area contributed by atoms with E-state index in [2.05, 4.69) is 63.3 Å². The van der Waals surface area contributed by atoms with Crippen molar-refractivity contribution in [3.63, 3.8) is 0 Å². The Morgan fingerprint density at radius 1 is 1.10 bits per heavy atom. The second kappa shape index (κ2) is 6.76. The van der Waals surface area contributed by atoms with Crippen LogP contribution in [0.25, 0.3) is 0 Å². The van der Waals surface area contributed by atoms with Gasteiger partial charge in [0, 0.05) is 12.1 Å². The standard InChI is InChI=1S/C19H31N/c1-15(20-16(2)17-10-8-9-11-17)14-19(3,4)18-12-6-5-7-13-18/h5-7,12-13,15-17,20H,8-11,14H2,1-4H3. The van der Waals surface area contributed by atoms with Crippen LogP contribution in [-0.4, -0.2) is 12.1 Å². The van der Waals surface area contributed by atoms with Crippen LogP contribution in [0.15, 0.2) is 30.3 Å². The number of nitrogens with one attached hydrogen (secondary N) is 1. The topological polar surface area (TPSA) is 12.0 Å². The fourth-order valence-corrected chi connectivity index (χ4v) is 3.87. The molecule has 0 saturated heterocycles. The summed E-state index contributed by atoms with van der Waals surface area (Å²) in [5, 5.41) is 3.85. The Bertz CT molecular complexity index is 389. The molecular weight excluding hydrogens is 242 g/mol. The molecule has 2 unspecified atom stereocenters. The quantitative estimate of drug-likeness (QED) is 0.776. The van der Waals surface area contributed by atoms with Crippen LogP contribution in [0.4, 0.5) is 0 Å². The van der Waals surface area contributed by atoms with Gasteiger partial charge in [-0.05, 0) is 50.0 Å². The molecule has 0 heterocycles. The van der Waals surface area contributed by atoms with Gasteiger partial charge in [0.1, 0.15) is 0 Å². The molecule has 0 spiro atoms. The largest absolute Gasteiger partial charge is 0.311 e. The van der Waals surface area contributed by atoms with E-state index in [1.807, 2.05) is 0 Å². The molecule has 1 heteroatoms. The molecule has 1 aromatic carbocycles. The van der Waals surface area contributed by atoms with E-state index in [-0.39, 0.29) is 5.41 Å². The maximum Gasteiger partial charge on any atom is 0.00694 e. The first-order valence-electron chi connectivity index (χ1n) is 8.30. The first-order chi connectivity index (χ1) is 9.49. The molecule has 1 N–H and O–H groups in total. The van der Waals surface area contributed by atoms with Crippen LogP contribution in [0.2, 0.25) is 0 Å². The van der Waals surface area contributed by atoms with Gasteiger partial charge in [-0.3, -0.25) is 0 Å². The zero-order valence-corrected chi connectivity index (χ0v) is 13.7. The summed E-state index contributed by atoms with van der Waals surface area (Å²) in [6.07, 6.45) is 6.89. The third-order valence-electron chi connectivity index (χ3n) is 5.03. The lowest BCUT2D eigenvalue weighted by atomic mass is 9.79. The van der Waals surface area contributed by atoms with Gasteiger partial charge in [-0.2, -0.15) is 0 Å². The van der Waals surface area contributed by atoms with Crippen molar-refractivity contribution in [1.29, 1.82) is 0 Å². The second-order valence-corrected chi connectivity index (χ2v) is 7.35. The molecular formula is C19H31N. The molecule has 2 rings (SSSR count). The van der Waals surface area contributed by atoms with E-state index >= 15 is 0 Å². The molecule has 0 aromatic heterocycles. The molecule has 20 heavy (non-hydrogen) atoms. The Morgan fingerprint density at radius 2 is 1.70 bits per heavy atom. The molecule has 0 amide bonds. The predicted molar refractivity (Wildman–Crippen MR) is 88.1 cm³/mol. The molecule has 0 aliphatic heterocycles. The van der Waals surface area contributed by atoms with Crippen molar-refractivity contribution < 1.29 is 0 Å². The molecule has 1 fully saturated rings. The van der Waals surface area contributed by atoms with Crippen LogP contribution >= 0.6 is 0 Å². The van der Waals surface area contributed by atoms with Gasteiger partial charge in [0.15, 0.2) is 0 Å². The highest BCUT2D eigenvalue weighted by Crippen LogP contribution is 2.30. The first kappa shape index (κ1) is 15.6. The van der Waals surface area contributed by atoms with Gasteiger partial charge in [-0.25, -0.2) is 0 Å². The lowest BCUT2D eigenvalue weighted by Crippen LogP contribution is -2.41. The minimum absolute atomic E-state index is 0.239. The monoisotopic (exact) mass is 273 g/mol. The Morgan fingerprint density at radius 3 is 2.30 bits per heavy atom. The van der Waals surface area contributed by atoms with Crippen LogP contribution < -0.4 is 5.32 Å². The molecule has 1 nitrogen and oxygen atoms in total. The van der Waals surface area contributed by atoms with Crippen LogP contribution in [0.5, 0.6) is 0 Å². The van der Waals surface area contributed by atoms with E-state index < -0.39 is 0 Å².